The Labute approximate surface area is 190 Å². The summed E-state index contributed by atoms with van der Waals surface area (Å²) in [5.74, 6) is -0.686. The number of alkyl halides is 3. The Hall–Kier alpha value is -4.46. The van der Waals surface area contributed by atoms with Crippen molar-refractivity contribution in [3.63, 3.8) is 0 Å². The number of pyridine rings is 1. The molecule has 0 radical (unpaired) electrons. The lowest BCUT2D eigenvalue weighted by Gasteiger charge is -2.22. The van der Waals surface area contributed by atoms with Crippen LogP contribution in [0, 0.1) is 12.4 Å². The van der Waals surface area contributed by atoms with Gasteiger partial charge in [-0.3, -0.25) is 9.36 Å². The second kappa shape index (κ2) is 8.47. The third-order valence-electron chi connectivity index (χ3n) is 5.15. The first-order valence-electron chi connectivity index (χ1n) is 9.88. The van der Waals surface area contributed by atoms with E-state index in [1.54, 1.807) is 6.92 Å². The highest BCUT2D eigenvalue weighted by atomic mass is 19.4. The molecule has 7 nitrogen and oxygen atoms in total. The van der Waals surface area contributed by atoms with E-state index in [0.717, 1.165) is 22.8 Å². The van der Waals surface area contributed by atoms with Gasteiger partial charge >= 0.3 is 6.18 Å². The van der Waals surface area contributed by atoms with E-state index in [2.05, 4.69) is 20.1 Å². The van der Waals surface area contributed by atoms with Gasteiger partial charge in [0.25, 0.3) is 5.56 Å². The number of nitrogens with zero attached hydrogens (tertiary/aromatic N) is 4. The van der Waals surface area contributed by atoms with Crippen LogP contribution in [0.25, 0.3) is 21.3 Å². The minimum absolute atomic E-state index is 0.0418. The van der Waals surface area contributed by atoms with Crippen LogP contribution in [-0.4, -0.2) is 14.5 Å². The number of hydrogen-bond acceptors (Lipinski definition) is 5. The van der Waals surface area contributed by atoms with Crippen molar-refractivity contribution in [1.82, 2.24) is 14.5 Å². The zero-order valence-electron chi connectivity index (χ0n) is 17.6. The summed E-state index contributed by atoms with van der Waals surface area (Å²) >= 11 is 0. The monoisotopic (exact) mass is 468 g/mol. The maximum absolute atomic E-state index is 14.0. The number of nitrogen functional groups attached to an aromatic ring is 1. The van der Waals surface area contributed by atoms with Gasteiger partial charge in [-0.05, 0) is 42.6 Å². The maximum Gasteiger partial charge on any atom is 0.417 e. The molecule has 172 valence electrons. The number of rotatable bonds is 4. The molecule has 4 aromatic rings. The molecule has 11 heteroatoms. The van der Waals surface area contributed by atoms with E-state index in [1.807, 2.05) is 0 Å². The van der Waals surface area contributed by atoms with Gasteiger partial charge < -0.3 is 11.1 Å². The first kappa shape index (κ1) is 22.7. The summed E-state index contributed by atoms with van der Waals surface area (Å²) in [5.41, 5.74) is 3.88. The summed E-state index contributed by atoms with van der Waals surface area (Å²) in [5, 5.41) is 2.48. The molecule has 0 aliphatic heterocycles. The molecule has 0 amide bonds. The maximum atomic E-state index is 14.0. The number of aromatic nitrogens is 3. The van der Waals surface area contributed by atoms with Crippen LogP contribution >= 0.6 is 0 Å². The molecule has 34 heavy (non-hydrogen) atoms. The highest BCUT2D eigenvalue weighted by molar-refractivity contribution is 5.86. The van der Waals surface area contributed by atoms with E-state index >= 15 is 0 Å². The zero-order chi connectivity index (χ0) is 24.6. The average molecular weight is 468 g/mol. The molecule has 0 unspecified atom stereocenters. The molecule has 3 N–H and O–H groups in total. The van der Waals surface area contributed by atoms with Gasteiger partial charge in [-0.15, -0.1) is 0 Å². The van der Waals surface area contributed by atoms with Crippen LogP contribution in [0.4, 0.5) is 35.0 Å². The third-order valence-corrected chi connectivity index (χ3v) is 5.15. The van der Waals surface area contributed by atoms with E-state index in [0.29, 0.717) is 0 Å². The van der Waals surface area contributed by atoms with Gasteiger partial charge in [-0.2, -0.15) is 13.2 Å². The molecule has 0 bridgehead atoms. The summed E-state index contributed by atoms with van der Waals surface area (Å²) in [4.78, 5) is 24.6. The van der Waals surface area contributed by atoms with Crippen molar-refractivity contribution < 1.29 is 17.6 Å². The van der Waals surface area contributed by atoms with Crippen LogP contribution in [0.2, 0.25) is 0 Å². The van der Waals surface area contributed by atoms with Crippen LogP contribution in [-0.2, 0) is 6.18 Å². The number of nitrogens with two attached hydrogens (primary N) is 1. The molecule has 2 aromatic carbocycles. The molecule has 0 fully saturated rings. The number of anilines is 2. The Morgan fingerprint density at radius 1 is 1.18 bits per heavy atom. The van der Waals surface area contributed by atoms with Gasteiger partial charge in [-0.25, -0.2) is 19.2 Å². The lowest BCUT2D eigenvalue weighted by atomic mass is 10.0. The predicted molar refractivity (Wildman–Crippen MR) is 119 cm³/mol. The minimum atomic E-state index is -4.77. The molecule has 2 aromatic heterocycles. The van der Waals surface area contributed by atoms with Gasteiger partial charge in [0.15, 0.2) is 0 Å². The van der Waals surface area contributed by atoms with Crippen LogP contribution in [0.3, 0.4) is 0 Å². The van der Waals surface area contributed by atoms with Crippen molar-refractivity contribution in [2.75, 3.05) is 11.1 Å². The topological polar surface area (TPSA) is 90.2 Å². The van der Waals surface area contributed by atoms with Crippen molar-refractivity contribution in [2.45, 2.75) is 19.1 Å². The van der Waals surface area contributed by atoms with Crippen molar-refractivity contribution >= 4 is 28.2 Å². The number of benzene rings is 2. The van der Waals surface area contributed by atoms with Gasteiger partial charge in [0, 0.05) is 11.9 Å². The number of hydrogen-bond donors (Lipinski definition) is 2. The second-order valence-electron chi connectivity index (χ2n) is 7.40. The van der Waals surface area contributed by atoms with Gasteiger partial charge in [0.1, 0.15) is 11.6 Å². The number of fused-ring (bicyclic) bond motifs is 1. The first-order chi connectivity index (χ1) is 16.1. The zero-order valence-corrected chi connectivity index (χ0v) is 17.6. The lowest BCUT2D eigenvalue weighted by molar-refractivity contribution is -0.136. The van der Waals surface area contributed by atoms with E-state index in [-0.39, 0.29) is 34.2 Å². The number of halogens is 4. The highest BCUT2D eigenvalue weighted by Gasteiger charge is 2.34. The third kappa shape index (κ3) is 4.13. The van der Waals surface area contributed by atoms with E-state index in [4.69, 9.17) is 12.3 Å². The smallest absolute Gasteiger partial charge is 0.371 e. The fraction of sp³-hybridized carbons (Fsp3) is 0.130. The summed E-state index contributed by atoms with van der Waals surface area (Å²) in [6.45, 7) is 8.91. The SMILES string of the molecule is [C-]#[N+]c1cnc(N)nc1N[C@@H](C)c1cc2cccc(C(F)(F)F)c2c(=O)n1-c1cccc(F)c1. The molecule has 0 aliphatic rings. The van der Waals surface area contributed by atoms with Crippen LogP contribution < -0.4 is 16.6 Å². The van der Waals surface area contributed by atoms with Crippen LogP contribution in [0.15, 0.2) is 59.5 Å². The van der Waals surface area contributed by atoms with Crippen LogP contribution in [0.1, 0.15) is 24.2 Å². The molecule has 2 heterocycles. The van der Waals surface area contributed by atoms with Crippen LogP contribution in [0.5, 0.6) is 0 Å². The molecule has 0 spiro atoms. The lowest BCUT2D eigenvalue weighted by Crippen LogP contribution is -2.27. The largest absolute Gasteiger partial charge is 0.417 e. The Balaban J connectivity index is 2.00. The fourth-order valence-electron chi connectivity index (χ4n) is 3.67. The average Bonchev–Trinajstić information content (AvgIpc) is 2.78. The van der Waals surface area contributed by atoms with E-state index in [1.165, 1.54) is 36.5 Å². The summed E-state index contributed by atoms with van der Waals surface area (Å²) in [7, 11) is 0. The fourth-order valence-corrected chi connectivity index (χ4v) is 3.67. The van der Waals surface area contributed by atoms with E-state index in [9.17, 15) is 22.4 Å². The second-order valence-corrected chi connectivity index (χ2v) is 7.40. The quantitative estimate of drug-likeness (QED) is 0.316. The minimum Gasteiger partial charge on any atom is -0.371 e. The first-order valence-corrected chi connectivity index (χ1v) is 9.88. The number of nitrogens with one attached hydrogen (secondary N) is 1. The molecule has 0 saturated carbocycles. The standard InChI is InChI=1S/C23H16F4N6O/c1-12(31-20-17(29-2)11-30-22(28)32-20)18-9-13-5-3-8-16(23(25,26)27)19(13)21(34)33(18)15-7-4-6-14(24)10-15/h3-12H,1H3,(H3,28,30,31,32)/t12-/m0/s1. The molecular weight excluding hydrogens is 452 g/mol. The molecule has 0 aliphatic carbocycles. The Bertz CT molecular complexity index is 1510. The summed E-state index contributed by atoms with van der Waals surface area (Å²) in [6.07, 6.45) is -3.55. The Kier molecular flexibility index (Phi) is 5.66. The Morgan fingerprint density at radius 3 is 2.59 bits per heavy atom. The van der Waals surface area contributed by atoms with Gasteiger partial charge in [-0.1, -0.05) is 18.2 Å². The molecule has 1 atom stereocenters. The van der Waals surface area contributed by atoms with Crippen molar-refractivity contribution in [2.24, 2.45) is 0 Å². The predicted octanol–water partition coefficient (Wildman–Crippen LogP) is 5.24. The molecule has 0 saturated heterocycles. The molecular formula is C23H16F4N6O. The Morgan fingerprint density at radius 2 is 1.91 bits per heavy atom. The van der Waals surface area contributed by atoms with Gasteiger partial charge in [0.2, 0.25) is 11.6 Å². The summed E-state index contributed by atoms with van der Waals surface area (Å²) < 4.78 is 56.1. The van der Waals surface area contributed by atoms with Crippen molar-refractivity contribution in [3.8, 4) is 5.69 Å². The van der Waals surface area contributed by atoms with E-state index < -0.39 is 34.5 Å². The van der Waals surface area contributed by atoms with Crippen molar-refractivity contribution in [3.05, 3.63) is 93.6 Å². The normalized spacial score (nSPS) is 12.4. The summed E-state index contributed by atoms with van der Waals surface area (Å²) in [6, 6.07) is 9.05. The van der Waals surface area contributed by atoms with Gasteiger partial charge in [0.05, 0.1) is 29.3 Å². The highest BCUT2D eigenvalue weighted by Crippen LogP contribution is 2.35. The van der Waals surface area contributed by atoms with Crippen molar-refractivity contribution in [1.29, 1.82) is 0 Å². The molecule has 4 rings (SSSR count).